The van der Waals surface area contributed by atoms with Crippen LogP contribution in [0.3, 0.4) is 0 Å². The lowest BCUT2D eigenvalue weighted by atomic mass is 10.1. The summed E-state index contributed by atoms with van der Waals surface area (Å²) in [6.45, 7) is 8.11. The minimum Gasteiger partial charge on any atom is -0.354 e. The van der Waals surface area contributed by atoms with Crippen LogP contribution in [0.2, 0.25) is 0 Å². The minimum atomic E-state index is -0.356. The van der Waals surface area contributed by atoms with E-state index in [1.54, 1.807) is 4.90 Å². The number of nitrogens with one attached hydrogen (secondary N) is 1. The highest BCUT2D eigenvalue weighted by Crippen LogP contribution is 2.22. The predicted octanol–water partition coefficient (Wildman–Crippen LogP) is 2.62. The van der Waals surface area contributed by atoms with Crippen molar-refractivity contribution in [1.82, 2.24) is 20.0 Å². The molecule has 3 rings (SSSR count). The molecule has 3 heterocycles. The molecule has 1 N–H and O–H groups in total. The lowest BCUT2D eigenvalue weighted by molar-refractivity contribution is -0.125. The summed E-state index contributed by atoms with van der Waals surface area (Å²) in [7, 11) is 0. The summed E-state index contributed by atoms with van der Waals surface area (Å²) in [5.74, 6) is 0.181. The van der Waals surface area contributed by atoms with Gasteiger partial charge in [-0.2, -0.15) is 5.10 Å². The smallest absolute Gasteiger partial charge is 0.264 e. The van der Waals surface area contributed by atoms with E-state index in [4.69, 9.17) is 0 Å². The molecule has 140 valence electrons. The number of nitrogens with zero attached hydrogens (tertiary/aromatic N) is 3. The molecule has 0 unspecified atom stereocenters. The summed E-state index contributed by atoms with van der Waals surface area (Å²) in [6, 6.07) is 5.38. The molecule has 1 aliphatic rings. The Labute approximate surface area is 158 Å². The Bertz CT molecular complexity index is 769. The molecule has 0 aliphatic carbocycles. The van der Waals surface area contributed by atoms with Crippen LogP contribution >= 0.6 is 11.3 Å². The van der Waals surface area contributed by atoms with Crippen molar-refractivity contribution in [1.29, 1.82) is 0 Å². The molecule has 26 heavy (non-hydrogen) atoms. The predicted molar refractivity (Wildman–Crippen MR) is 102 cm³/mol. The molecule has 1 saturated heterocycles. The molecule has 1 fully saturated rings. The molecule has 0 spiro atoms. The zero-order valence-electron chi connectivity index (χ0n) is 15.6. The topological polar surface area (TPSA) is 67.2 Å². The molecule has 2 amide bonds. The summed E-state index contributed by atoms with van der Waals surface area (Å²) in [5, 5.41) is 9.39. The van der Waals surface area contributed by atoms with Crippen LogP contribution in [-0.2, 0) is 11.3 Å². The Morgan fingerprint density at radius 2 is 2.23 bits per heavy atom. The van der Waals surface area contributed by atoms with Gasteiger partial charge in [0.05, 0.1) is 10.6 Å². The van der Waals surface area contributed by atoms with E-state index < -0.39 is 0 Å². The highest BCUT2D eigenvalue weighted by Gasteiger charge is 2.34. The van der Waals surface area contributed by atoms with Crippen LogP contribution in [0.15, 0.2) is 23.6 Å². The van der Waals surface area contributed by atoms with Gasteiger partial charge in [-0.3, -0.25) is 14.3 Å². The third-order valence-electron chi connectivity index (χ3n) is 4.76. The lowest BCUT2D eigenvalue weighted by Crippen LogP contribution is -2.46. The molecular formula is C19H26N4O2S. The normalized spacial score (nSPS) is 18.1. The maximum Gasteiger partial charge on any atom is 0.264 e. The first-order valence-electron chi connectivity index (χ1n) is 9.09. The van der Waals surface area contributed by atoms with E-state index in [9.17, 15) is 9.59 Å². The minimum absolute atomic E-state index is 0.0339. The van der Waals surface area contributed by atoms with Gasteiger partial charge in [0, 0.05) is 25.3 Å². The third-order valence-corrected chi connectivity index (χ3v) is 5.62. The van der Waals surface area contributed by atoms with Crippen LogP contribution in [0.4, 0.5) is 0 Å². The number of carbonyl (C=O) groups is 2. The van der Waals surface area contributed by atoms with Crippen molar-refractivity contribution < 1.29 is 9.59 Å². The highest BCUT2D eigenvalue weighted by molar-refractivity contribution is 7.12. The van der Waals surface area contributed by atoms with Gasteiger partial charge in [0.2, 0.25) is 5.91 Å². The van der Waals surface area contributed by atoms with Gasteiger partial charge in [-0.1, -0.05) is 13.0 Å². The molecule has 2 atom stereocenters. The monoisotopic (exact) mass is 374 g/mol. The number of likely N-dealkylation sites (tertiary alicyclic amines) is 1. The van der Waals surface area contributed by atoms with E-state index in [2.05, 4.69) is 23.4 Å². The van der Waals surface area contributed by atoms with Crippen molar-refractivity contribution in [2.24, 2.45) is 5.92 Å². The van der Waals surface area contributed by atoms with Gasteiger partial charge < -0.3 is 10.2 Å². The maximum absolute atomic E-state index is 12.6. The SMILES string of the molecule is Cc1cc(C)n(C[C@@H](C)CNC(=O)[C@@H]2CCCN2C(=O)c2cccs2)n1. The van der Waals surface area contributed by atoms with Crippen LogP contribution in [0, 0.1) is 19.8 Å². The first-order valence-corrected chi connectivity index (χ1v) is 9.97. The van der Waals surface area contributed by atoms with Crippen molar-refractivity contribution in [3.05, 3.63) is 39.8 Å². The molecular weight excluding hydrogens is 348 g/mol. The summed E-state index contributed by atoms with van der Waals surface area (Å²) in [4.78, 5) is 27.6. The molecule has 0 aromatic carbocycles. The number of aryl methyl sites for hydroxylation is 2. The van der Waals surface area contributed by atoms with Gasteiger partial charge >= 0.3 is 0 Å². The van der Waals surface area contributed by atoms with Crippen LogP contribution in [0.5, 0.6) is 0 Å². The van der Waals surface area contributed by atoms with Crippen molar-refractivity contribution >= 4 is 23.2 Å². The molecule has 7 heteroatoms. The average molecular weight is 375 g/mol. The van der Waals surface area contributed by atoms with E-state index in [0.717, 1.165) is 30.8 Å². The van der Waals surface area contributed by atoms with Crippen molar-refractivity contribution in [2.75, 3.05) is 13.1 Å². The van der Waals surface area contributed by atoms with Crippen LogP contribution in [0.25, 0.3) is 0 Å². The largest absolute Gasteiger partial charge is 0.354 e. The molecule has 6 nitrogen and oxygen atoms in total. The van der Waals surface area contributed by atoms with E-state index in [1.807, 2.05) is 36.0 Å². The molecule has 0 radical (unpaired) electrons. The third kappa shape index (κ3) is 4.15. The van der Waals surface area contributed by atoms with Crippen molar-refractivity contribution in [3.63, 3.8) is 0 Å². The Morgan fingerprint density at radius 1 is 1.42 bits per heavy atom. The Kier molecular flexibility index (Phi) is 5.76. The van der Waals surface area contributed by atoms with E-state index in [1.165, 1.54) is 11.3 Å². The highest BCUT2D eigenvalue weighted by atomic mass is 32.1. The number of carbonyl (C=O) groups excluding carboxylic acids is 2. The second-order valence-corrected chi connectivity index (χ2v) is 8.04. The molecule has 0 saturated carbocycles. The fourth-order valence-electron chi connectivity index (χ4n) is 3.44. The van der Waals surface area contributed by atoms with Gasteiger partial charge in [0.1, 0.15) is 6.04 Å². The standard InChI is InChI=1S/C19H26N4O2S/c1-13(12-23-15(3)10-14(2)21-23)11-20-18(24)16-6-4-8-22(16)19(25)17-7-5-9-26-17/h5,7,9-10,13,16H,4,6,8,11-12H2,1-3H3,(H,20,24)/t13-,16-/m0/s1. The zero-order chi connectivity index (χ0) is 18.7. The van der Waals surface area contributed by atoms with E-state index >= 15 is 0 Å². The van der Waals surface area contributed by atoms with Gasteiger partial charge in [-0.15, -0.1) is 11.3 Å². The van der Waals surface area contributed by atoms with Gasteiger partial charge in [-0.25, -0.2) is 0 Å². The Hall–Kier alpha value is -2.15. The second kappa shape index (κ2) is 8.03. The summed E-state index contributed by atoms with van der Waals surface area (Å²) in [6.07, 6.45) is 1.60. The van der Waals surface area contributed by atoms with Crippen LogP contribution < -0.4 is 5.32 Å². The summed E-state index contributed by atoms with van der Waals surface area (Å²) >= 11 is 1.42. The number of aromatic nitrogens is 2. The Balaban J connectivity index is 1.53. The molecule has 0 bridgehead atoms. The first-order chi connectivity index (χ1) is 12.5. The van der Waals surface area contributed by atoms with Crippen molar-refractivity contribution in [3.8, 4) is 0 Å². The average Bonchev–Trinajstić information content (AvgIpc) is 3.33. The molecule has 2 aromatic rings. The quantitative estimate of drug-likeness (QED) is 0.845. The summed E-state index contributed by atoms with van der Waals surface area (Å²) in [5.41, 5.74) is 2.14. The maximum atomic E-state index is 12.6. The molecule has 1 aliphatic heterocycles. The second-order valence-electron chi connectivity index (χ2n) is 7.09. The molecule has 2 aromatic heterocycles. The van der Waals surface area contributed by atoms with E-state index in [-0.39, 0.29) is 23.8 Å². The van der Waals surface area contributed by atoms with Crippen LogP contribution in [0.1, 0.15) is 40.8 Å². The van der Waals surface area contributed by atoms with Gasteiger partial charge in [-0.05, 0) is 50.1 Å². The number of amides is 2. The number of hydrogen-bond acceptors (Lipinski definition) is 4. The van der Waals surface area contributed by atoms with Crippen LogP contribution in [-0.4, -0.2) is 45.6 Å². The fourth-order valence-corrected chi connectivity index (χ4v) is 4.12. The zero-order valence-corrected chi connectivity index (χ0v) is 16.4. The number of rotatable bonds is 6. The fraction of sp³-hybridized carbons (Fsp3) is 0.526. The lowest BCUT2D eigenvalue weighted by Gasteiger charge is -2.24. The van der Waals surface area contributed by atoms with Crippen molar-refractivity contribution in [2.45, 2.75) is 46.2 Å². The first kappa shape index (κ1) is 18.6. The summed E-state index contributed by atoms with van der Waals surface area (Å²) < 4.78 is 1.98. The number of thiophene rings is 1. The number of hydrogen-bond donors (Lipinski definition) is 1. The Morgan fingerprint density at radius 3 is 2.88 bits per heavy atom. The van der Waals surface area contributed by atoms with Gasteiger partial charge in [0.15, 0.2) is 0 Å². The van der Waals surface area contributed by atoms with Gasteiger partial charge in [0.25, 0.3) is 5.91 Å². The van der Waals surface area contributed by atoms with E-state index in [0.29, 0.717) is 18.0 Å².